The standard InChI is InChI=1S/C10H14BrNO4S/c1-4(13)5-6(14)12-7(5)17-9(2,3)10(12,11)8(15)16/h4-5,7,13H,1-3H3,(H,15,16)/t4-,5-,7-,10+/m1/s1. The Balaban J connectivity index is 2.40. The van der Waals surface area contributed by atoms with E-state index >= 15 is 0 Å². The van der Waals surface area contributed by atoms with Gasteiger partial charge in [0, 0.05) is 0 Å². The van der Waals surface area contributed by atoms with E-state index in [-0.39, 0.29) is 11.3 Å². The van der Waals surface area contributed by atoms with Crippen molar-refractivity contribution in [1.82, 2.24) is 4.90 Å². The minimum atomic E-state index is -1.39. The minimum absolute atomic E-state index is 0.270. The van der Waals surface area contributed by atoms with Crippen molar-refractivity contribution in [3.63, 3.8) is 0 Å². The van der Waals surface area contributed by atoms with Crippen molar-refractivity contribution in [3.8, 4) is 0 Å². The van der Waals surface area contributed by atoms with Crippen molar-refractivity contribution in [2.45, 2.75) is 41.4 Å². The molecule has 2 saturated heterocycles. The predicted octanol–water partition coefficient (Wildman–Crippen LogP) is 0.853. The normalized spacial score (nSPS) is 40.8. The fourth-order valence-electron chi connectivity index (χ4n) is 2.41. The Bertz CT molecular complexity index is 400. The number of nitrogens with zero attached hydrogens (tertiary/aromatic N) is 1. The predicted molar refractivity (Wildman–Crippen MR) is 66.8 cm³/mol. The first-order valence-electron chi connectivity index (χ1n) is 5.26. The molecule has 0 aromatic heterocycles. The molecule has 2 aliphatic heterocycles. The van der Waals surface area contributed by atoms with Crippen LogP contribution in [0.15, 0.2) is 0 Å². The molecular formula is C10H14BrNO4S. The van der Waals surface area contributed by atoms with Crippen molar-refractivity contribution in [3.05, 3.63) is 0 Å². The van der Waals surface area contributed by atoms with E-state index in [1.165, 1.54) is 16.7 Å². The summed E-state index contributed by atoms with van der Waals surface area (Å²) in [5.41, 5.74) is 0. The molecule has 0 saturated carbocycles. The Morgan fingerprint density at radius 1 is 1.59 bits per heavy atom. The molecule has 0 radical (unpaired) electrons. The molecule has 0 aliphatic carbocycles. The zero-order valence-corrected chi connectivity index (χ0v) is 12.1. The molecular weight excluding hydrogens is 310 g/mol. The van der Waals surface area contributed by atoms with Gasteiger partial charge in [0.2, 0.25) is 10.4 Å². The number of carbonyl (C=O) groups excluding carboxylic acids is 1. The number of carboxylic acids is 1. The molecule has 17 heavy (non-hydrogen) atoms. The summed E-state index contributed by atoms with van der Waals surface area (Å²) < 4.78 is -2.04. The summed E-state index contributed by atoms with van der Waals surface area (Å²) in [7, 11) is 0. The summed E-state index contributed by atoms with van der Waals surface area (Å²) in [6.45, 7) is 5.12. The van der Waals surface area contributed by atoms with Crippen LogP contribution in [0.2, 0.25) is 0 Å². The van der Waals surface area contributed by atoms with Crippen molar-refractivity contribution < 1.29 is 19.8 Å². The molecule has 0 aromatic rings. The number of carboxylic acid groups (broad SMARTS) is 1. The molecule has 2 heterocycles. The quantitative estimate of drug-likeness (QED) is 0.447. The fraction of sp³-hybridized carbons (Fsp3) is 0.800. The highest BCUT2D eigenvalue weighted by molar-refractivity contribution is 9.10. The Kier molecular flexibility index (Phi) is 2.80. The van der Waals surface area contributed by atoms with E-state index < -0.39 is 27.2 Å². The van der Waals surface area contributed by atoms with Gasteiger partial charge >= 0.3 is 5.97 Å². The lowest BCUT2D eigenvalue weighted by Crippen LogP contribution is -2.69. The minimum Gasteiger partial charge on any atom is -0.479 e. The number of aliphatic carboxylic acids is 1. The van der Waals surface area contributed by atoms with Gasteiger partial charge in [-0.2, -0.15) is 0 Å². The van der Waals surface area contributed by atoms with Crippen LogP contribution in [0.25, 0.3) is 0 Å². The first-order valence-corrected chi connectivity index (χ1v) is 6.93. The zero-order valence-electron chi connectivity index (χ0n) is 9.68. The Morgan fingerprint density at radius 2 is 2.12 bits per heavy atom. The maximum atomic E-state index is 12.0. The topological polar surface area (TPSA) is 77.8 Å². The van der Waals surface area contributed by atoms with Crippen molar-refractivity contribution in [1.29, 1.82) is 0 Å². The maximum absolute atomic E-state index is 12.0. The number of aliphatic hydroxyl groups is 1. The van der Waals surface area contributed by atoms with Gasteiger partial charge in [-0.3, -0.25) is 4.79 Å². The van der Waals surface area contributed by atoms with Gasteiger partial charge in [-0.25, -0.2) is 4.79 Å². The summed E-state index contributed by atoms with van der Waals surface area (Å²) in [6.07, 6.45) is -0.754. The van der Waals surface area contributed by atoms with Crippen LogP contribution in [0.4, 0.5) is 0 Å². The molecule has 2 aliphatic rings. The molecule has 2 fully saturated rings. The van der Waals surface area contributed by atoms with Crippen LogP contribution >= 0.6 is 27.7 Å². The van der Waals surface area contributed by atoms with Crippen LogP contribution in [0.3, 0.4) is 0 Å². The SMILES string of the molecule is C[C@@H](O)[C@@H]1C(=O)N2[C@@H]1SC(C)(C)[C@]2(Br)C(=O)O. The first kappa shape index (κ1) is 13.2. The lowest BCUT2D eigenvalue weighted by Gasteiger charge is -2.48. The van der Waals surface area contributed by atoms with Gasteiger partial charge in [0.05, 0.1) is 22.1 Å². The molecule has 2 rings (SSSR count). The molecule has 0 unspecified atom stereocenters. The molecule has 2 N–H and O–H groups in total. The molecule has 1 amide bonds. The second kappa shape index (κ2) is 3.61. The van der Waals surface area contributed by atoms with Gasteiger partial charge in [0.1, 0.15) is 0 Å². The number of aliphatic hydroxyl groups excluding tert-OH is 1. The monoisotopic (exact) mass is 323 g/mol. The average molecular weight is 324 g/mol. The van der Waals surface area contributed by atoms with Gasteiger partial charge in [0.25, 0.3) is 0 Å². The Hall–Kier alpha value is -0.270. The third kappa shape index (κ3) is 1.42. The van der Waals surface area contributed by atoms with Crippen molar-refractivity contribution in [2.24, 2.45) is 5.92 Å². The van der Waals surface area contributed by atoms with E-state index in [4.69, 9.17) is 0 Å². The number of alkyl halides is 1. The number of fused-ring (bicyclic) bond motifs is 1. The molecule has 4 atom stereocenters. The van der Waals surface area contributed by atoms with Crippen molar-refractivity contribution in [2.75, 3.05) is 0 Å². The Labute approximate surface area is 112 Å². The van der Waals surface area contributed by atoms with E-state index in [1.54, 1.807) is 20.8 Å². The summed E-state index contributed by atoms with van der Waals surface area (Å²) in [5, 5.41) is 18.6. The number of hydrogen-bond donors (Lipinski definition) is 2. The van der Waals surface area contributed by atoms with Crippen molar-refractivity contribution >= 4 is 39.6 Å². The van der Waals surface area contributed by atoms with Gasteiger partial charge in [-0.15, -0.1) is 11.8 Å². The van der Waals surface area contributed by atoms with Crippen LogP contribution in [0.5, 0.6) is 0 Å². The smallest absolute Gasteiger partial charge is 0.342 e. The molecule has 0 spiro atoms. The van der Waals surface area contributed by atoms with Crippen LogP contribution in [-0.2, 0) is 9.59 Å². The Morgan fingerprint density at radius 3 is 2.53 bits per heavy atom. The van der Waals surface area contributed by atoms with Gasteiger partial charge in [-0.05, 0) is 36.7 Å². The maximum Gasteiger partial charge on any atom is 0.342 e. The second-order valence-corrected chi connectivity index (χ2v) is 7.81. The highest BCUT2D eigenvalue weighted by atomic mass is 79.9. The van der Waals surface area contributed by atoms with Gasteiger partial charge in [-0.1, -0.05) is 0 Å². The lowest BCUT2D eigenvalue weighted by molar-refractivity contribution is -0.170. The number of hydrogen-bond acceptors (Lipinski definition) is 4. The summed E-state index contributed by atoms with van der Waals surface area (Å²) in [5.74, 6) is -1.88. The van der Waals surface area contributed by atoms with Gasteiger partial charge in [0.15, 0.2) is 0 Å². The van der Waals surface area contributed by atoms with E-state index in [9.17, 15) is 19.8 Å². The lowest BCUT2D eigenvalue weighted by atomic mass is 9.88. The molecule has 5 nitrogen and oxygen atoms in total. The van der Waals surface area contributed by atoms with Gasteiger partial charge < -0.3 is 15.1 Å². The third-order valence-electron chi connectivity index (χ3n) is 3.43. The summed E-state index contributed by atoms with van der Waals surface area (Å²) >= 11 is 4.62. The van der Waals surface area contributed by atoms with Crippen LogP contribution in [0, 0.1) is 5.92 Å². The first-order chi connectivity index (χ1) is 7.64. The highest BCUT2D eigenvalue weighted by Crippen LogP contribution is 2.61. The number of β-lactam (4-membered cyclic amide) rings is 1. The number of rotatable bonds is 2. The van der Waals surface area contributed by atoms with E-state index in [1.807, 2.05) is 0 Å². The largest absolute Gasteiger partial charge is 0.479 e. The van der Waals surface area contributed by atoms with Crippen LogP contribution in [-0.4, -0.2) is 47.7 Å². The summed E-state index contributed by atoms with van der Waals surface area (Å²) in [6, 6.07) is 0. The molecule has 7 heteroatoms. The fourth-order valence-corrected chi connectivity index (χ4v) is 5.03. The van der Waals surface area contributed by atoms with Crippen LogP contribution in [0.1, 0.15) is 20.8 Å². The number of thioether (sulfide) groups is 1. The number of carbonyl (C=O) groups is 2. The summed E-state index contributed by atoms with van der Waals surface area (Å²) in [4.78, 5) is 24.7. The molecule has 0 bridgehead atoms. The highest BCUT2D eigenvalue weighted by Gasteiger charge is 2.72. The van der Waals surface area contributed by atoms with E-state index in [0.29, 0.717) is 0 Å². The zero-order chi connectivity index (χ0) is 13.2. The van der Waals surface area contributed by atoms with E-state index in [2.05, 4.69) is 15.9 Å². The second-order valence-electron chi connectivity index (χ2n) is 4.92. The third-order valence-corrected chi connectivity index (χ3v) is 7.04. The van der Waals surface area contributed by atoms with Crippen LogP contribution < -0.4 is 0 Å². The number of amides is 1. The molecule has 96 valence electrons. The van der Waals surface area contributed by atoms with E-state index in [0.717, 1.165) is 0 Å². The number of halogens is 1. The molecule has 0 aromatic carbocycles. The average Bonchev–Trinajstić information content (AvgIpc) is 2.31.